The zero-order valence-corrected chi connectivity index (χ0v) is 17.3. The summed E-state index contributed by atoms with van der Waals surface area (Å²) in [5.74, 6) is 0.885. The molecule has 1 heterocycles. The Morgan fingerprint density at radius 2 is 1.71 bits per heavy atom. The first-order valence-corrected chi connectivity index (χ1v) is 10.3. The van der Waals surface area contributed by atoms with E-state index >= 15 is 0 Å². The molecular weight excluding hydrogens is 386 g/mol. The zero-order valence-electron chi connectivity index (χ0n) is 17.3. The maximum Gasteiger partial charge on any atom is 0.231 e. The van der Waals surface area contributed by atoms with Gasteiger partial charge >= 0.3 is 0 Å². The molecule has 4 heteroatoms. The van der Waals surface area contributed by atoms with Crippen molar-refractivity contribution >= 4 is 28.5 Å². The lowest BCUT2D eigenvalue weighted by molar-refractivity contribution is 0.105. The van der Waals surface area contributed by atoms with Gasteiger partial charge in [0.05, 0.1) is 12.2 Å². The first-order chi connectivity index (χ1) is 15.2. The van der Waals surface area contributed by atoms with Gasteiger partial charge in [-0.2, -0.15) is 0 Å². The highest BCUT2D eigenvalue weighted by Crippen LogP contribution is 2.25. The number of allylic oxidation sites excluding steroid dienone is 3. The van der Waals surface area contributed by atoms with E-state index in [4.69, 9.17) is 9.15 Å². The molecule has 0 unspecified atom stereocenters. The summed E-state index contributed by atoms with van der Waals surface area (Å²) in [7, 11) is 0. The predicted octanol–water partition coefficient (Wildman–Crippen LogP) is 6.60. The monoisotopic (exact) mass is 409 g/mol. The van der Waals surface area contributed by atoms with Crippen LogP contribution in [-0.2, 0) is 0 Å². The van der Waals surface area contributed by atoms with Crippen LogP contribution < -0.4 is 4.74 Å². The number of fused-ring (bicyclic) bond motifs is 1. The minimum atomic E-state index is -0.161. The van der Waals surface area contributed by atoms with E-state index in [-0.39, 0.29) is 5.78 Å². The van der Waals surface area contributed by atoms with Gasteiger partial charge in [0.25, 0.3) is 0 Å². The zero-order chi connectivity index (χ0) is 21.5. The number of carbonyl (C=O) groups is 1. The number of oxazole rings is 1. The number of hydrogen-bond donors (Lipinski definition) is 0. The minimum absolute atomic E-state index is 0.161. The molecule has 0 fully saturated rings. The van der Waals surface area contributed by atoms with Crippen molar-refractivity contribution in [2.45, 2.75) is 13.3 Å². The Morgan fingerprint density at radius 3 is 2.45 bits per heavy atom. The lowest BCUT2D eigenvalue weighted by Gasteiger charge is -2.06. The van der Waals surface area contributed by atoms with Gasteiger partial charge in [-0.05, 0) is 54.5 Å². The van der Waals surface area contributed by atoms with Crippen LogP contribution in [-0.4, -0.2) is 17.4 Å². The lowest BCUT2D eigenvalue weighted by Crippen LogP contribution is -2.03. The van der Waals surface area contributed by atoms with Crippen molar-refractivity contribution in [3.8, 4) is 5.75 Å². The van der Waals surface area contributed by atoms with Gasteiger partial charge in [0.15, 0.2) is 11.4 Å². The number of carbonyl (C=O) groups excluding carboxylic acids is 1. The Balaban J connectivity index is 1.68. The molecule has 0 aliphatic rings. The smallest absolute Gasteiger partial charge is 0.231 e. The number of rotatable bonds is 8. The fraction of sp³-hybridized carbons (Fsp3) is 0.111. The number of hydrogen-bond acceptors (Lipinski definition) is 4. The number of benzene rings is 3. The summed E-state index contributed by atoms with van der Waals surface area (Å²) < 4.78 is 11.5. The molecule has 0 amide bonds. The van der Waals surface area contributed by atoms with Crippen molar-refractivity contribution in [2.75, 3.05) is 6.61 Å². The summed E-state index contributed by atoms with van der Waals surface area (Å²) >= 11 is 0. The van der Waals surface area contributed by atoms with Crippen LogP contribution in [0.15, 0.2) is 95.4 Å². The van der Waals surface area contributed by atoms with Crippen LogP contribution in [0.5, 0.6) is 5.75 Å². The molecule has 0 bridgehead atoms. The maximum absolute atomic E-state index is 13.3. The highest BCUT2D eigenvalue weighted by molar-refractivity contribution is 6.28. The summed E-state index contributed by atoms with van der Waals surface area (Å²) in [5, 5.41) is 0. The molecular formula is C27H23NO3. The Labute approximate surface area is 181 Å². The Hall–Kier alpha value is -3.92. The summed E-state index contributed by atoms with van der Waals surface area (Å²) in [6, 6.07) is 24.6. The van der Waals surface area contributed by atoms with E-state index < -0.39 is 0 Å². The number of para-hydroxylation sites is 2. The molecule has 0 aliphatic heterocycles. The molecule has 4 nitrogen and oxygen atoms in total. The number of Topliss-reactive ketones (excluding diaryl/α,β-unsaturated/α-hetero) is 1. The molecule has 1 aromatic heterocycles. The van der Waals surface area contributed by atoms with E-state index in [1.807, 2.05) is 78.9 Å². The van der Waals surface area contributed by atoms with Crippen molar-refractivity contribution in [3.63, 3.8) is 0 Å². The van der Waals surface area contributed by atoms with Crippen LogP contribution in [0.1, 0.15) is 35.2 Å². The minimum Gasteiger partial charge on any atom is -0.494 e. The van der Waals surface area contributed by atoms with Gasteiger partial charge in [0.2, 0.25) is 5.89 Å². The molecule has 0 saturated heterocycles. The van der Waals surface area contributed by atoms with Crippen molar-refractivity contribution in [1.29, 1.82) is 0 Å². The summed E-state index contributed by atoms with van der Waals surface area (Å²) in [5.41, 5.74) is 3.34. The Morgan fingerprint density at radius 1 is 0.968 bits per heavy atom. The quantitative estimate of drug-likeness (QED) is 0.187. The van der Waals surface area contributed by atoms with Gasteiger partial charge < -0.3 is 9.15 Å². The van der Waals surface area contributed by atoms with Gasteiger partial charge in [-0.1, -0.05) is 61.5 Å². The van der Waals surface area contributed by atoms with E-state index in [2.05, 4.69) is 11.9 Å². The van der Waals surface area contributed by atoms with Crippen LogP contribution in [0.4, 0.5) is 0 Å². The second-order valence-electron chi connectivity index (χ2n) is 7.04. The average Bonchev–Trinajstić information content (AvgIpc) is 3.25. The SMILES string of the molecule is CCCOc1ccc(C(=O)C(=CC=Cc2ccccc2)c2nc3ccccc3o2)cc1. The van der Waals surface area contributed by atoms with E-state index in [0.29, 0.717) is 34.7 Å². The summed E-state index contributed by atoms with van der Waals surface area (Å²) in [6.45, 7) is 2.70. The predicted molar refractivity (Wildman–Crippen MR) is 124 cm³/mol. The number of aromatic nitrogens is 1. The second kappa shape index (κ2) is 9.72. The van der Waals surface area contributed by atoms with E-state index in [0.717, 1.165) is 17.7 Å². The van der Waals surface area contributed by atoms with Gasteiger partial charge in [-0.15, -0.1) is 0 Å². The maximum atomic E-state index is 13.3. The topological polar surface area (TPSA) is 52.3 Å². The fourth-order valence-corrected chi connectivity index (χ4v) is 3.13. The molecule has 4 rings (SSSR count). The van der Waals surface area contributed by atoms with Gasteiger partial charge in [-0.25, -0.2) is 4.98 Å². The number of ether oxygens (including phenoxy) is 1. The van der Waals surface area contributed by atoms with E-state index in [1.54, 1.807) is 18.2 Å². The van der Waals surface area contributed by atoms with Crippen LogP contribution in [0.3, 0.4) is 0 Å². The van der Waals surface area contributed by atoms with Crippen molar-refractivity contribution < 1.29 is 13.9 Å². The summed E-state index contributed by atoms with van der Waals surface area (Å²) in [6.07, 6.45) is 6.47. The standard InChI is InChI=1S/C27H23NO3/c1-2-19-30-22-17-15-21(16-18-22)26(29)23(12-8-11-20-9-4-3-5-10-20)27-28-24-13-6-7-14-25(24)31-27/h3-18H,2,19H2,1H3. The third-order valence-electron chi connectivity index (χ3n) is 4.71. The second-order valence-corrected chi connectivity index (χ2v) is 7.04. The van der Waals surface area contributed by atoms with Crippen molar-refractivity contribution in [2.24, 2.45) is 0 Å². The van der Waals surface area contributed by atoms with Crippen LogP contribution in [0.2, 0.25) is 0 Å². The fourth-order valence-electron chi connectivity index (χ4n) is 3.13. The van der Waals surface area contributed by atoms with Crippen molar-refractivity contribution in [1.82, 2.24) is 4.98 Å². The van der Waals surface area contributed by atoms with Crippen LogP contribution in [0.25, 0.3) is 22.7 Å². The first kappa shape index (κ1) is 20.4. The molecule has 0 N–H and O–H groups in total. The first-order valence-electron chi connectivity index (χ1n) is 10.3. The van der Waals surface area contributed by atoms with Gasteiger partial charge in [0, 0.05) is 5.56 Å². The molecule has 0 spiro atoms. The molecule has 3 aromatic carbocycles. The molecule has 154 valence electrons. The molecule has 0 atom stereocenters. The lowest BCUT2D eigenvalue weighted by atomic mass is 10.0. The number of ketones is 1. The summed E-state index contributed by atoms with van der Waals surface area (Å²) in [4.78, 5) is 17.9. The Kier molecular flexibility index (Phi) is 6.38. The van der Waals surface area contributed by atoms with Crippen LogP contribution >= 0.6 is 0 Å². The van der Waals surface area contributed by atoms with Gasteiger partial charge in [-0.3, -0.25) is 4.79 Å². The van der Waals surface area contributed by atoms with Gasteiger partial charge in [0.1, 0.15) is 11.3 Å². The normalized spacial score (nSPS) is 11.8. The third-order valence-corrected chi connectivity index (χ3v) is 4.71. The highest BCUT2D eigenvalue weighted by atomic mass is 16.5. The molecule has 0 radical (unpaired) electrons. The van der Waals surface area contributed by atoms with Crippen LogP contribution in [0, 0.1) is 0 Å². The molecule has 4 aromatic rings. The molecule has 31 heavy (non-hydrogen) atoms. The molecule has 0 aliphatic carbocycles. The number of nitrogens with zero attached hydrogens (tertiary/aromatic N) is 1. The molecule has 0 saturated carbocycles. The highest BCUT2D eigenvalue weighted by Gasteiger charge is 2.19. The van der Waals surface area contributed by atoms with Crippen molar-refractivity contribution in [3.05, 3.63) is 108 Å². The van der Waals surface area contributed by atoms with E-state index in [9.17, 15) is 4.79 Å². The Bertz CT molecular complexity index is 1190. The third kappa shape index (κ3) is 4.98. The average molecular weight is 409 g/mol. The van der Waals surface area contributed by atoms with E-state index in [1.165, 1.54) is 0 Å². The largest absolute Gasteiger partial charge is 0.494 e.